The maximum absolute atomic E-state index is 3.36. The van der Waals surface area contributed by atoms with Crippen LogP contribution in [0, 0.1) is 5.92 Å². The first-order valence-corrected chi connectivity index (χ1v) is 4.41. The highest BCUT2D eigenvalue weighted by Gasteiger charge is 2.08. The zero-order chi connectivity index (χ0) is 8.23. The van der Waals surface area contributed by atoms with Gasteiger partial charge in [0.1, 0.15) is 0 Å². The third-order valence-corrected chi connectivity index (χ3v) is 2.15. The summed E-state index contributed by atoms with van der Waals surface area (Å²) in [6.07, 6.45) is 16.4. The summed E-state index contributed by atoms with van der Waals surface area (Å²) in [7, 11) is 0. The zero-order valence-corrected chi connectivity index (χ0v) is 7.03. The van der Waals surface area contributed by atoms with Crippen LogP contribution in [0.2, 0.25) is 0 Å². The number of allylic oxidation sites excluding steroid dienone is 5. The molecule has 0 radical (unpaired) electrons. The van der Waals surface area contributed by atoms with E-state index in [1.807, 2.05) is 0 Å². The molecule has 1 heterocycles. The van der Waals surface area contributed by atoms with Gasteiger partial charge in [-0.05, 0) is 12.5 Å². The van der Waals surface area contributed by atoms with Crippen LogP contribution >= 0.6 is 0 Å². The molecule has 1 heteroatoms. The van der Waals surface area contributed by atoms with Gasteiger partial charge in [-0.1, -0.05) is 36.5 Å². The minimum atomic E-state index is 0.476. The van der Waals surface area contributed by atoms with Crippen molar-refractivity contribution in [1.82, 2.24) is 5.32 Å². The molecule has 1 nitrogen and oxygen atoms in total. The van der Waals surface area contributed by atoms with Gasteiger partial charge in [0.2, 0.25) is 0 Å². The van der Waals surface area contributed by atoms with Gasteiger partial charge in [0.15, 0.2) is 0 Å². The lowest BCUT2D eigenvalue weighted by molar-refractivity contribution is 0.770. The smallest absolute Gasteiger partial charge is 0.0347 e. The van der Waals surface area contributed by atoms with Crippen LogP contribution in [0.5, 0.6) is 0 Å². The van der Waals surface area contributed by atoms with E-state index in [-0.39, 0.29) is 0 Å². The summed E-state index contributed by atoms with van der Waals surface area (Å²) < 4.78 is 0. The Balaban J connectivity index is 2.12. The van der Waals surface area contributed by atoms with Crippen molar-refractivity contribution in [3.8, 4) is 0 Å². The van der Waals surface area contributed by atoms with Gasteiger partial charge in [-0.25, -0.2) is 0 Å². The molecule has 0 spiro atoms. The van der Waals surface area contributed by atoms with Crippen molar-refractivity contribution < 1.29 is 0 Å². The number of dihydropyridines is 1. The Morgan fingerprint density at radius 3 is 2.67 bits per heavy atom. The molecule has 1 aliphatic carbocycles. The van der Waals surface area contributed by atoms with E-state index in [1.165, 1.54) is 5.70 Å². The van der Waals surface area contributed by atoms with Crippen molar-refractivity contribution >= 4 is 0 Å². The first-order valence-electron chi connectivity index (χ1n) is 4.41. The van der Waals surface area contributed by atoms with Crippen LogP contribution in [0.3, 0.4) is 0 Å². The van der Waals surface area contributed by atoms with Gasteiger partial charge in [0.05, 0.1) is 0 Å². The predicted molar refractivity (Wildman–Crippen MR) is 51.6 cm³/mol. The number of nitrogens with one attached hydrogen (secondary N) is 1. The fourth-order valence-electron chi connectivity index (χ4n) is 1.50. The maximum atomic E-state index is 3.36. The maximum Gasteiger partial charge on any atom is 0.0347 e. The normalized spacial score (nSPS) is 22.2. The molecule has 2 rings (SSSR count). The molecule has 1 aliphatic heterocycles. The summed E-state index contributed by atoms with van der Waals surface area (Å²) in [6, 6.07) is 0. The lowest BCUT2D eigenvalue weighted by Crippen LogP contribution is -2.20. The topological polar surface area (TPSA) is 12.0 Å². The Hall–Kier alpha value is -1.24. The minimum Gasteiger partial charge on any atom is -0.384 e. The van der Waals surface area contributed by atoms with Crippen LogP contribution in [0.1, 0.15) is 6.42 Å². The van der Waals surface area contributed by atoms with Crippen molar-refractivity contribution in [2.75, 3.05) is 6.54 Å². The fourth-order valence-corrected chi connectivity index (χ4v) is 1.50. The molecule has 0 aromatic carbocycles. The number of hydrogen-bond acceptors (Lipinski definition) is 1. The van der Waals surface area contributed by atoms with E-state index in [1.54, 1.807) is 0 Å². The van der Waals surface area contributed by atoms with Crippen molar-refractivity contribution in [2.24, 2.45) is 5.92 Å². The molecule has 12 heavy (non-hydrogen) atoms. The first-order chi connectivity index (χ1) is 5.97. The Kier molecular flexibility index (Phi) is 2.12. The molecule has 0 unspecified atom stereocenters. The summed E-state index contributed by atoms with van der Waals surface area (Å²) in [6.45, 7) is 0.962. The van der Waals surface area contributed by atoms with Crippen molar-refractivity contribution in [3.63, 3.8) is 0 Å². The highest BCUT2D eigenvalue weighted by Crippen LogP contribution is 2.17. The summed E-state index contributed by atoms with van der Waals surface area (Å²) in [5.74, 6) is 0.476. The van der Waals surface area contributed by atoms with Crippen molar-refractivity contribution in [2.45, 2.75) is 6.42 Å². The van der Waals surface area contributed by atoms with Gasteiger partial charge in [0, 0.05) is 18.2 Å². The largest absolute Gasteiger partial charge is 0.384 e. The van der Waals surface area contributed by atoms with Gasteiger partial charge in [0.25, 0.3) is 0 Å². The van der Waals surface area contributed by atoms with Crippen LogP contribution in [-0.4, -0.2) is 6.54 Å². The van der Waals surface area contributed by atoms with Crippen LogP contribution in [0.4, 0.5) is 0 Å². The molecule has 0 atom stereocenters. The first kappa shape index (κ1) is 7.41. The summed E-state index contributed by atoms with van der Waals surface area (Å²) >= 11 is 0. The molecule has 62 valence electrons. The molecule has 1 N–H and O–H groups in total. The third-order valence-electron chi connectivity index (χ3n) is 2.15. The van der Waals surface area contributed by atoms with Crippen LogP contribution in [0.25, 0.3) is 0 Å². The van der Waals surface area contributed by atoms with E-state index in [0.717, 1.165) is 13.0 Å². The predicted octanol–water partition coefficient (Wildman–Crippen LogP) is 2.16. The Morgan fingerprint density at radius 2 is 2.00 bits per heavy atom. The molecular weight excluding hydrogens is 146 g/mol. The SMILES string of the molecule is C1=CCNC(C2C=CCC=C2)=C1. The van der Waals surface area contributed by atoms with Crippen molar-refractivity contribution in [1.29, 1.82) is 0 Å². The molecule has 0 saturated heterocycles. The molecular formula is C11H13N. The second-order valence-corrected chi connectivity index (χ2v) is 3.05. The zero-order valence-electron chi connectivity index (χ0n) is 7.03. The summed E-state index contributed by atoms with van der Waals surface area (Å²) in [4.78, 5) is 0. The van der Waals surface area contributed by atoms with E-state index in [4.69, 9.17) is 0 Å². The Morgan fingerprint density at radius 1 is 1.17 bits per heavy atom. The molecule has 0 aromatic rings. The lowest BCUT2D eigenvalue weighted by atomic mass is 9.98. The van der Waals surface area contributed by atoms with E-state index >= 15 is 0 Å². The molecule has 0 amide bonds. The highest BCUT2D eigenvalue weighted by atomic mass is 14.9. The monoisotopic (exact) mass is 159 g/mol. The minimum absolute atomic E-state index is 0.476. The van der Waals surface area contributed by atoms with Crippen LogP contribution in [-0.2, 0) is 0 Å². The van der Waals surface area contributed by atoms with Gasteiger partial charge < -0.3 is 5.32 Å². The Bertz CT molecular complexity index is 257. The second kappa shape index (κ2) is 3.44. The van der Waals surface area contributed by atoms with Crippen molar-refractivity contribution in [3.05, 3.63) is 48.2 Å². The van der Waals surface area contributed by atoms with Gasteiger partial charge >= 0.3 is 0 Å². The standard InChI is InChI=1S/C11H13N/c1-2-6-10(7-3-1)11-8-4-5-9-12-11/h2-8,10,12H,1,9H2. The Labute approximate surface area is 73.2 Å². The van der Waals surface area contributed by atoms with Crippen LogP contribution in [0.15, 0.2) is 48.2 Å². The van der Waals surface area contributed by atoms with Gasteiger partial charge in [-0.3, -0.25) is 0 Å². The highest BCUT2D eigenvalue weighted by molar-refractivity contribution is 5.28. The summed E-state index contributed by atoms with van der Waals surface area (Å²) in [5, 5.41) is 3.36. The molecule has 0 saturated carbocycles. The fraction of sp³-hybridized carbons (Fsp3) is 0.273. The van der Waals surface area contributed by atoms with E-state index in [0.29, 0.717) is 5.92 Å². The molecule has 0 fully saturated rings. The van der Waals surface area contributed by atoms with E-state index < -0.39 is 0 Å². The molecule has 0 aromatic heterocycles. The number of hydrogen-bond donors (Lipinski definition) is 1. The van der Waals surface area contributed by atoms with Crippen LogP contribution < -0.4 is 5.32 Å². The summed E-state index contributed by atoms with van der Waals surface area (Å²) in [5.41, 5.74) is 1.31. The van der Waals surface area contributed by atoms with Gasteiger partial charge in [-0.15, -0.1) is 0 Å². The lowest BCUT2D eigenvalue weighted by Gasteiger charge is -2.18. The molecule has 0 bridgehead atoms. The average molecular weight is 159 g/mol. The third kappa shape index (κ3) is 1.50. The van der Waals surface area contributed by atoms with E-state index in [2.05, 4.69) is 47.8 Å². The van der Waals surface area contributed by atoms with Gasteiger partial charge in [-0.2, -0.15) is 0 Å². The molecule has 2 aliphatic rings. The average Bonchev–Trinajstić information content (AvgIpc) is 2.21. The van der Waals surface area contributed by atoms with E-state index in [9.17, 15) is 0 Å². The number of rotatable bonds is 1. The quantitative estimate of drug-likeness (QED) is 0.578. The second-order valence-electron chi connectivity index (χ2n) is 3.05.